The zero-order chi connectivity index (χ0) is 17.6. The third kappa shape index (κ3) is 5.25. The number of nitrogens with one attached hydrogen (secondary N) is 3. The zero-order valence-electron chi connectivity index (χ0n) is 13.0. The summed E-state index contributed by atoms with van der Waals surface area (Å²) in [7, 11) is -3.85. The Hall–Kier alpha value is -2.04. The number of amides is 1. The van der Waals surface area contributed by atoms with Gasteiger partial charge in [-0.05, 0) is 25.5 Å². The first kappa shape index (κ1) is 18.3. The van der Waals surface area contributed by atoms with Gasteiger partial charge in [0.2, 0.25) is 15.9 Å². The summed E-state index contributed by atoms with van der Waals surface area (Å²) in [5.41, 5.74) is -0.296. The Bertz CT molecular complexity index is 701. The van der Waals surface area contributed by atoms with Gasteiger partial charge in [0.25, 0.3) is 5.69 Å². The van der Waals surface area contributed by atoms with Crippen molar-refractivity contribution in [2.45, 2.75) is 30.2 Å². The molecular weight excluding hydrogens is 336 g/mol. The molecule has 3 N–H and O–H groups in total. The molecule has 1 aromatic carbocycles. The highest BCUT2D eigenvalue weighted by Crippen LogP contribution is 2.16. The van der Waals surface area contributed by atoms with Gasteiger partial charge >= 0.3 is 0 Å². The molecule has 1 fully saturated rings. The van der Waals surface area contributed by atoms with E-state index in [1.165, 1.54) is 18.2 Å². The molecule has 0 bridgehead atoms. The van der Waals surface area contributed by atoms with Crippen molar-refractivity contribution in [1.29, 1.82) is 0 Å². The Morgan fingerprint density at radius 2 is 2.17 bits per heavy atom. The Kier molecular flexibility index (Phi) is 6.23. The van der Waals surface area contributed by atoms with Crippen LogP contribution >= 0.6 is 0 Å². The summed E-state index contributed by atoms with van der Waals surface area (Å²) in [6, 6.07) is 4.98. The standard InChI is InChI=1S/C14H20N4O5S/c19-14(9-11-3-2-6-15-11)16-7-8-17-24(22,23)13-5-1-4-12(10-13)18(20)21/h1,4-5,10-11,15,17H,2-3,6-9H2,(H,16,19). The molecule has 1 unspecified atom stereocenters. The molecule has 1 saturated heterocycles. The van der Waals surface area contributed by atoms with E-state index in [1.54, 1.807) is 0 Å². The lowest BCUT2D eigenvalue weighted by molar-refractivity contribution is -0.385. The van der Waals surface area contributed by atoms with Crippen molar-refractivity contribution in [1.82, 2.24) is 15.4 Å². The summed E-state index contributed by atoms with van der Waals surface area (Å²) in [4.78, 5) is 21.6. The van der Waals surface area contributed by atoms with E-state index < -0.39 is 14.9 Å². The molecule has 0 aromatic heterocycles. The minimum absolute atomic E-state index is 0.00879. The van der Waals surface area contributed by atoms with Crippen molar-refractivity contribution in [2.24, 2.45) is 0 Å². The van der Waals surface area contributed by atoms with Crippen molar-refractivity contribution < 1.29 is 18.1 Å². The van der Waals surface area contributed by atoms with Crippen molar-refractivity contribution >= 4 is 21.6 Å². The number of nitro groups is 1. The summed E-state index contributed by atoms with van der Waals surface area (Å²) >= 11 is 0. The van der Waals surface area contributed by atoms with Gasteiger partial charge in [0, 0.05) is 37.7 Å². The topological polar surface area (TPSA) is 130 Å². The number of hydrogen-bond acceptors (Lipinski definition) is 6. The number of nitro benzene ring substituents is 1. The molecule has 1 atom stereocenters. The fraction of sp³-hybridized carbons (Fsp3) is 0.500. The second kappa shape index (κ2) is 8.18. The molecule has 10 heteroatoms. The predicted molar refractivity (Wildman–Crippen MR) is 86.9 cm³/mol. The third-order valence-corrected chi connectivity index (χ3v) is 5.13. The molecule has 1 aliphatic heterocycles. The molecule has 1 aromatic rings. The quantitative estimate of drug-likeness (QED) is 0.345. The normalized spacial score (nSPS) is 17.6. The summed E-state index contributed by atoms with van der Waals surface area (Å²) < 4.78 is 26.5. The van der Waals surface area contributed by atoms with Gasteiger partial charge in [-0.1, -0.05) is 6.07 Å². The van der Waals surface area contributed by atoms with E-state index in [0.29, 0.717) is 6.42 Å². The maximum absolute atomic E-state index is 12.1. The number of carbonyl (C=O) groups excluding carboxylic acids is 1. The van der Waals surface area contributed by atoms with Crippen LogP contribution in [0, 0.1) is 10.1 Å². The lowest BCUT2D eigenvalue weighted by Gasteiger charge is -2.11. The Balaban J connectivity index is 1.79. The van der Waals surface area contributed by atoms with Gasteiger partial charge in [0.15, 0.2) is 0 Å². The van der Waals surface area contributed by atoms with Gasteiger partial charge < -0.3 is 10.6 Å². The molecule has 0 saturated carbocycles. The van der Waals surface area contributed by atoms with Gasteiger partial charge in [0.1, 0.15) is 0 Å². The maximum Gasteiger partial charge on any atom is 0.270 e. The molecular formula is C14H20N4O5S. The van der Waals surface area contributed by atoms with Gasteiger partial charge in [-0.2, -0.15) is 0 Å². The maximum atomic E-state index is 12.1. The Morgan fingerprint density at radius 3 is 2.83 bits per heavy atom. The van der Waals surface area contributed by atoms with E-state index in [-0.39, 0.29) is 35.6 Å². The van der Waals surface area contributed by atoms with Crippen LogP contribution in [-0.2, 0) is 14.8 Å². The van der Waals surface area contributed by atoms with Crippen LogP contribution in [0.2, 0.25) is 0 Å². The molecule has 0 spiro atoms. The van der Waals surface area contributed by atoms with Crippen molar-refractivity contribution in [2.75, 3.05) is 19.6 Å². The number of sulfonamides is 1. The average Bonchev–Trinajstić information content (AvgIpc) is 3.04. The van der Waals surface area contributed by atoms with E-state index >= 15 is 0 Å². The van der Waals surface area contributed by atoms with Crippen molar-refractivity contribution in [3.05, 3.63) is 34.4 Å². The molecule has 24 heavy (non-hydrogen) atoms. The Morgan fingerprint density at radius 1 is 1.38 bits per heavy atom. The van der Waals surface area contributed by atoms with Crippen molar-refractivity contribution in [3.63, 3.8) is 0 Å². The molecule has 1 heterocycles. The Labute approximate surface area is 140 Å². The van der Waals surface area contributed by atoms with Crippen LogP contribution in [0.3, 0.4) is 0 Å². The molecule has 0 radical (unpaired) electrons. The highest BCUT2D eigenvalue weighted by atomic mass is 32.2. The van der Waals surface area contributed by atoms with Gasteiger partial charge in [0.05, 0.1) is 9.82 Å². The molecule has 1 amide bonds. The third-order valence-electron chi connectivity index (χ3n) is 3.67. The first-order valence-corrected chi connectivity index (χ1v) is 9.11. The minimum atomic E-state index is -3.85. The first-order valence-electron chi connectivity index (χ1n) is 7.63. The largest absolute Gasteiger partial charge is 0.355 e. The monoisotopic (exact) mass is 356 g/mol. The van der Waals surface area contributed by atoms with Crippen LogP contribution < -0.4 is 15.4 Å². The van der Waals surface area contributed by atoms with Crippen LogP contribution in [0.5, 0.6) is 0 Å². The smallest absolute Gasteiger partial charge is 0.270 e. The molecule has 0 aliphatic carbocycles. The van der Waals surface area contributed by atoms with E-state index in [4.69, 9.17) is 0 Å². The zero-order valence-corrected chi connectivity index (χ0v) is 13.8. The van der Waals surface area contributed by atoms with Crippen LogP contribution in [0.15, 0.2) is 29.2 Å². The van der Waals surface area contributed by atoms with Crippen LogP contribution in [0.1, 0.15) is 19.3 Å². The number of carbonyl (C=O) groups is 1. The number of nitrogens with zero attached hydrogens (tertiary/aromatic N) is 1. The highest BCUT2D eigenvalue weighted by molar-refractivity contribution is 7.89. The van der Waals surface area contributed by atoms with Crippen LogP contribution in [-0.4, -0.2) is 44.9 Å². The first-order chi connectivity index (χ1) is 11.4. The summed E-state index contributed by atoms with van der Waals surface area (Å²) in [5.74, 6) is -0.135. The summed E-state index contributed by atoms with van der Waals surface area (Å²) in [6.07, 6.45) is 2.39. The van der Waals surface area contributed by atoms with Gasteiger partial charge in [-0.15, -0.1) is 0 Å². The lowest BCUT2D eigenvalue weighted by Crippen LogP contribution is -2.37. The van der Waals surface area contributed by atoms with Crippen LogP contribution in [0.25, 0.3) is 0 Å². The lowest BCUT2D eigenvalue weighted by atomic mass is 10.1. The predicted octanol–water partition coefficient (Wildman–Crippen LogP) is 0.131. The minimum Gasteiger partial charge on any atom is -0.355 e. The van der Waals surface area contributed by atoms with Gasteiger partial charge in [-0.3, -0.25) is 14.9 Å². The van der Waals surface area contributed by atoms with Crippen molar-refractivity contribution in [3.8, 4) is 0 Å². The average molecular weight is 356 g/mol. The number of benzene rings is 1. The number of rotatable bonds is 8. The van der Waals surface area contributed by atoms with Gasteiger partial charge in [-0.25, -0.2) is 13.1 Å². The molecule has 1 aliphatic rings. The van der Waals surface area contributed by atoms with Crippen LogP contribution in [0.4, 0.5) is 5.69 Å². The van der Waals surface area contributed by atoms with E-state index in [2.05, 4.69) is 15.4 Å². The number of non-ortho nitro benzene ring substituents is 1. The van der Waals surface area contributed by atoms with E-state index in [9.17, 15) is 23.3 Å². The fourth-order valence-corrected chi connectivity index (χ4v) is 3.53. The fourth-order valence-electron chi connectivity index (χ4n) is 2.46. The SMILES string of the molecule is O=C(CC1CCCN1)NCCNS(=O)(=O)c1cccc([N+](=O)[O-])c1. The molecule has 9 nitrogen and oxygen atoms in total. The molecule has 132 valence electrons. The summed E-state index contributed by atoms with van der Waals surface area (Å²) in [6.45, 7) is 1.08. The second-order valence-corrected chi connectivity index (χ2v) is 7.27. The molecule has 2 rings (SSSR count). The summed E-state index contributed by atoms with van der Waals surface area (Å²) in [5, 5.41) is 16.6. The van der Waals surface area contributed by atoms with E-state index in [0.717, 1.165) is 25.5 Å². The number of hydrogen-bond donors (Lipinski definition) is 3. The highest BCUT2D eigenvalue weighted by Gasteiger charge is 2.19. The van der Waals surface area contributed by atoms with E-state index in [1.807, 2.05) is 0 Å². The second-order valence-electron chi connectivity index (χ2n) is 5.50.